The van der Waals surface area contributed by atoms with Gasteiger partial charge in [0.2, 0.25) is 0 Å². The van der Waals surface area contributed by atoms with Crippen molar-refractivity contribution in [1.82, 2.24) is 0 Å². The summed E-state index contributed by atoms with van der Waals surface area (Å²) < 4.78 is 27.2. The van der Waals surface area contributed by atoms with E-state index in [1.165, 1.54) is 6.07 Å². The third-order valence-electron chi connectivity index (χ3n) is 1.94. The summed E-state index contributed by atoms with van der Waals surface area (Å²) in [4.78, 5) is 0. The number of benzene rings is 1. The largest absolute Gasteiger partial charge is 0.396 e. The summed E-state index contributed by atoms with van der Waals surface area (Å²) in [5.74, 6) is -2.97. The first kappa shape index (κ1) is 11.6. The van der Waals surface area contributed by atoms with Crippen LogP contribution in [0, 0.1) is 6.92 Å². The quantitative estimate of drug-likeness (QED) is 0.889. The van der Waals surface area contributed by atoms with Crippen molar-refractivity contribution < 1.29 is 13.9 Å². The highest BCUT2D eigenvalue weighted by Crippen LogP contribution is 2.36. The molecule has 1 aromatic carbocycles. The number of hydrogen-bond donors (Lipinski definition) is 1. The summed E-state index contributed by atoms with van der Waals surface area (Å²) >= 11 is 3.07. The Morgan fingerprint density at radius 3 is 2.64 bits per heavy atom. The van der Waals surface area contributed by atoms with Gasteiger partial charge in [0.15, 0.2) is 0 Å². The van der Waals surface area contributed by atoms with Crippen LogP contribution in [0.3, 0.4) is 0 Å². The van der Waals surface area contributed by atoms with Gasteiger partial charge in [-0.05, 0) is 19.1 Å². The van der Waals surface area contributed by atoms with E-state index in [-0.39, 0.29) is 5.56 Å². The Labute approximate surface area is 89.9 Å². The lowest BCUT2D eigenvalue weighted by molar-refractivity contribution is -0.0276. The van der Waals surface area contributed by atoms with Crippen LogP contribution in [0.2, 0.25) is 0 Å². The van der Waals surface area contributed by atoms with Gasteiger partial charge in [-0.3, -0.25) is 0 Å². The molecule has 14 heavy (non-hydrogen) atoms. The fourth-order valence-corrected chi connectivity index (χ4v) is 1.73. The Hall–Kier alpha value is -0.480. The van der Waals surface area contributed by atoms with Crippen LogP contribution in [0.25, 0.3) is 0 Å². The van der Waals surface area contributed by atoms with Crippen molar-refractivity contribution in [3.63, 3.8) is 0 Å². The summed E-state index contributed by atoms with van der Waals surface area (Å²) in [6.45, 7) is 1.23. The van der Waals surface area contributed by atoms with Gasteiger partial charge in [-0.25, -0.2) is 8.78 Å². The first-order chi connectivity index (χ1) is 6.47. The summed E-state index contributed by atoms with van der Waals surface area (Å²) in [5, 5.41) is 8.53. The average molecular weight is 265 g/mol. The summed E-state index contributed by atoms with van der Waals surface area (Å²) in [6, 6.07) is 4.78. The maximum absolute atomic E-state index is 13.4. The number of rotatable bonds is 3. The fraction of sp³-hybridized carbons (Fsp3) is 0.400. The van der Waals surface area contributed by atoms with Crippen molar-refractivity contribution in [2.45, 2.75) is 19.3 Å². The molecule has 0 aromatic heterocycles. The first-order valence-electron chi connectivity index (χ1n) is 4.22. The molecular weight excluding hydrogens is 254 g/mol. The standard InChI is InChI=1S/C10H11BrF2O/c1-7-2-3-9(11)8(6-7)10(12,13)4-5-14/h2-3,6,14H,4-5H2,1H3. The van der Waals surface area contributed by atoms with Crippen molar-refractivity contribution in [2.75, 3.05) is 6.61 Å². The van der Waals surface area contributed by atoms with E-state index in [1.54, 1.807) is 19.1 Å². The third-order valence-corrected chi connectivity index (χ3v) is 2.63. The lowest BCUT2D eigenvalue weighted by atomic mass is 10.0. The molecule has 0 saturated carbocycles. The highest BCUT2D eigenvalue weighted by atomic mass is 79.9. The number of hydrogen-bond acceptors (Lipinski definition) is 1. The second kappa shape index (κ2) is 4.36. The second-order valence-electron chi connectivity index (χ2n) is 3.16. The molecule has 0 radical (unpaired) electrons. The molecule has 0 amide bonds. The lowest BCUT2D eigenvalue weighted by Crippen LogP contribution is -2.16. The SMILES string of the molecule is Cc1ccc(Br)c(C(F)(F)CCO)c1. The highest BCUT2D eigenvalue weighted by molar-refractivity contribution is 9.10. The molecule has 0 aliphatic heterocycles. The Bertz CT molecular complexity index is 326. The van der Waals surface area contributed by atoms with E-state index in [1.807, 2.05) is 0 Å². The maximum atomic E-state index is 13.4. The molecule has 0 aliphatic rings. The minimum Gasteiger partial charge on any atom is -0.396 e. The zero-order valence-electron chi connectivity index (χ0n) is 7.73. The number of aliphatic hydroxyl groups excluding tert-OH is 1. The zero-order valence-corrected chi connectivity index (χ0v) is 9.31. The van der Waals surface area contributed by atoms with Crippen LogP contribution in [0.1, 0.15) is 17.5 Å². The molecule has 1 nitrogen and oxygen atoms in total. The van der Waals surface area contributed by atoms with Crippen LogP contribution in [0.4, 0.5) is 8.78 Å². The molecule has 78 valence electrons. The predicted molar refractivity (Wildman–Crippen MR) is 54.5 cm³/mol. The molecule has 0 atom stereocenters. The van der Waals surface area contributed by atoms with Crippen LogP contribution < -0.4 is 0 Å². The maximum Gasteiger partial charge on any atom is 0.276 e. The number of aliphatic hydroxyl groups is 1. The molecule has 4 heteroatoms. The lowest BCUT2D eigenvalue weighted by Gasteiger charge is -2.17. The van der Waals surface area contributed by atoms with Crippen molar-refractivity contribution in [1.29, 1.82) is 0 Å². The molecule has 0 fully saturated rings. The monoisotopic (exact) mass is 264 g/mol. The summed E-state index contributed by atoms with van der Waals surface area (Å²) in [6.07, 6.45) is -0.547. The van der Waals surface area contributed by atoms with Gasteiger partial charge in [0.1, 0.15) is 0 Å². The number of aryl methyl sites for hydroxylation is 1. The number of halogens is 3. The van der Waals surface area contributed by atoms with Crippen LogP contribution in [-0.2, 0) is 5.92 Å². The smallest absolute Gasteiger partial charge is 0.276 e. The topological polar surface area (TPSA) is 20.2 Å². The van der Waals surface area contributed by atoms with Gasteiger partial charge in [-0.1, -0.05) is 27.6 Å². The Kier molecular flexibility index (Phi) is 3.61. The van der Waals surface area contributed by atoms with Gasteiger partial charge in [0.05, 0.1) is 0 Å². The van der Waals surface area contributed by atoms with Crippen LogP contribution >= 0.6 is 15.9 Å². The van der Waals surface area contributed by atoms with Crippen molar-refractivity contribution in [3.8, 4) is 0 Å². The molecule has 0 bridgehead atoms. The van der Waals surface area contributed by atoms with Crippen molar-refractivity contribution in [3.05, 3.63) is 33.8 Å². The van der Waals surface area contributed by atoms with E-state index in [4.69, 9.17) is 5.11 Å². The van der Waals surface area contributed by atoms with Gasteiger partial charge >= 0.3 is 0 Å². The zero-order chi connectivity index (χ0) is 10.8. The Morgan fingerprint density at radius 1 is 1.43 bits per heavy atom. The average Bonchev–Trinajstić information content (AvgIpc) is 2.09. The van der Waals surface area contributed by atoms with Crippen molar-refractivity contribution >= 4 is 15.9 Å². The minimum atomic E-state index is -2.97. The van der Waals surface area contributed by atoms with Crippen molar-refractivity contribution in [2.24, 2.45) is 0 Å². The molecule has 1 rings (SSSR count). The number of alkyl halides is 2. The normalized spacial score (nSPS) is 11.8. The van der Waals surface area contributed by atoms with E-state index in [0.717, 1.165) is 5.56 Å². The minimum absolute atomic E-state index is 0.0634. The summed E-state index contributed by atoms with van der Waals surface area (Å²) in [7, 11) is 0. The van der Waals surface area contributed by atoms with E-state index >= 15 is 0 Å². The highest BCUT2D eigenvalue weighted by Gasteiger charge is 2.32. The van der Waals surface area contributed by atoms with E-state index in [0.29, 0.717) is 4.47 Å². The third kappa shape index (κ3) is 2.51. The second-order valence-corrected chi connectivity index (χ2v) is 4.02. The molecule has 0 unspecified atom stereocenters. The Balaban J connectivity index is 3.10. The summed E-state index contributed by atoms with van der Waals surface area (Å²) in [5.41, 5.74) is 0.715. The predicted octanol–water partition coefficient (Wildman–Crippen LogP) is 3.23. The van der Waals surface area contributed by atoms with Crippen LogP contribution in [-0.4, -0.2) is 11.7 Å². The van der Waals surface area contributed by atoms with Gasteiger partial charge < -0.3 is 5.11 Å². The Morgan fingerprint density at radius 2 is 2.07 bits per heavy atom. The van der Waals surface area contributed by atoms with E-state index in [9.17, 15) is 8.78 Å². The fourth-order valence-electron chi connectivity index (χ4n) is 1.19. The van der Waals surface area contributed by atoms with E-state index < -0.39 is 19.0 Å². The molecule has 0 aliphatic carbocycles. The van der Waals surface area contributed by atoms with Gasteiger partial charge in [-0.2, -0.15) is 0 Å². The van der Waals surface area contributed by atoms with Gasteiger partial charge in [-0.15, -0.1) is 0 Å². The molecule has 1 aromatic rings. The molecule has 0 saturated heterocycles. The molecule has 0 spiro atoms. The van der Waals surface area contributed by atoms with Gasteiger partial charge in [0, 0.05) is 23.1 Å². The van der Waals surface area contributed by atoms with Crippen LogP contribution in [0.15, 0.2) is 22.7 Å². The first-order valence-corrected chi connectivity index (χ1v) is 5.02. The molecule has 0 heterocycles. The van der Waals surface area contributed by atoms with Crippen LogP contribution in [0.5, 0.6) is 0 Å². The van der Waals surface area contributed by atoms with E-state index in [2.05, 4.69) is 15.9 Å². The molecule has 1 N–H and O–H groups in total. The molecular formula is C10H11BrF2O. The van der Waals surface area contributed by atoms with Gasteiger partial charge in [0.25, 0.3) is 5.92 Å².